The fourth-order valence-corrected chi connectivity index (χ4v) is 3.09. The highest BCUT2D eigenvalue weighted by Crippen LogP contribution is 2.32. The van der Waals surface area contributed by atoms with Crippen LogP contribution in [0.3, 0.4) is 0 Å². The molecular weight excluding hydrogens is 379 g/mol. The van der Waals surface area contributed by atoms with Gasteiger partial charge in [0.25, 0.3) is 0 Å². The molecule has 152 valence electrons. The summed E-state index contributed by atoms with van der Waals surface area (Å²) in [5.41, 5.74) is 2.85. The molecule has 1 aliphatic heterocycles. The zero-order chi connectivity index (χ0) is 18.1. The van der Waals surface area contributed by atoms with Crippen LogP contribution in [0.5, 0.6) is 0 Å². The van der Waals surface area contributed by atoms with Gasteiger partial charge in [0.1, 0.15) is 0 Å². The molecule has 0 spiro atoms. The molecule has 4 rings (SSSR count). The summed E-state index contributed by atoms with van der Waals surface area (Å²) in [5.74, 6) is 0.626. The van der Waals surface area contributed by atoms with Gasteiger partial charge in [0, 0.05) is 25.7 Å². The second-order valence-corrected chi connectivity index (χ2v) is 7.00. The Morgan fingerprint density at radius 1 is 0.926 bits per heavy atom. The molecule has 0 bridgehead atoms. The van der Waals surface area contributed by atoms with Crippen LogP contribution in [0.4, 0.5) is 0 Å². The monoisotopic (exact) mass is 412 g/mol. The van der Waals surface area contributed by atoms with Crippen LogP contribution in [0.2, 0.25) is 0 Å². The molecule has 0 saturated carbocycles. The van der Waals surface area contributed by atoms with Crippen LogP contribution >= 0.6 is 24.8 Å². The van der Waals surface area contributed by atoms with Crippen LogP contribution in [0.25, 0.3) is 11.1 Å². The van der Waals surface area contributed by atoms with Crippen molar-refractivity contribution in [2.24, 2.45) is 5.92 Å². The van der Waals surface area contributed by atoms with Gasteiger partial charge in [0.2, 0.25) is 0 Å². The zero-order valence-corrected chi connectivity index (χ0v) is 18.3. The average molecular weight is 413 g/mol. The molecule has 1 unspecified atom stereocenters. The van der Waals surface area contributed by atoms with Crippen molar-refractivity contribution in [2.75, 3.05) is 26.2 Å². The molecule has 1 atom stereocenters. The smallest absolute Gasteiger partial charge is 0.0397 e. The minimum absolute atomic E-state index is 0. The topological polar surface area (TPSA) is 26.7 Å². The third kappa shape index (κ3) is 9.59. The molecule has 27 heavy (non-hydrogen) atoms. The van der Waals surface area contributed by atoms with E-state index in [1.807, 2.05) is 36.4 Å². The maximum atomic E-state index is 9.42. The fraction of sp³-hybridized carbons (Fsp3) is 0.455. The summed E-state index contributed by atoms with van der Waals surface area (Å²) in [7, 11) is 0. The minimum Gasteiger partial charge on any atom is -0.314 e. The summed E-state index contributed by atoms with van der Waals surface area (Å²) in [6, 6.07) is 21.0. The van der Waals surface area contributed by atoms with E-state index in [1.54, 1.807) is 0 Å². The molecule has 1 aromatic carbocycles. The minimum atomic E-state index is 0. The quantitative estimate of drug-likeness (QED) is 0.603. The van der Waals surface area contributed by atoms with Crippen molar-refractivity contribution < 1.29 is 5.21 Å². The Balaban J connectivity index is 0.000000402. The van der Waals surface area contributed by atoms with E-state index in [0.29, 0.717) is 12.0 Å². The zero-order valence-electron chi connectivity index (χ0n) is 16.6. The number of piperazine rings is 1. The second kappa shape index (κ2) is 14.0. The number of hydroxylamine groups is 2. The van der Waals surface area contributed by atoms with Gasteiger partial charge in [-0.1, -0.05) is 75.4 Å². The molecule has 2 aliphatic carbocycles. The molecule has 5 heteroatoms. The van der Waals surface area contributed by atoms with Crippen LogP contribution < -0.4 is 0 Å². The number of hydrogen-bond acceptors (Lipinski definition) is 3. The second-order valence-electron chi connectivity index (χ2n) is 7.00. The molecule has 0 radical (unpaired) electrons. The van der Waals surface area contributed by atoms with Gasteiger partial charge in [-0.05, 0) is 36.1 Å². The highest BCUT2D eigenvalue weighted by molar-refractivity contribution is 5.85. The number of benzene rings is 2. The van der Waals surface area contributed by atoms with Crippen molar-refractivity contribution in [1.29, 1.82) is 0 Å². The van der Waals surface area contributed by atoms with Crippen molar-refractivity contribution in [3.8, 4) is 11.1 Å². The molecule has 3 nitrogen and oxygen atoms in total. The summed E-state index contributed by atoms with van der Waals surface area (Å²) in [6.07, 6.45) is 1.20. The van der Waals surface area contributed by atoms with E-state index in [9.17, 15) is 5.21 Å². The van der Waals surface area contributed by atoms with Crippen LogP contribution in [-0.4, -0.2) is 47.4 Å². The lowest BCUT2D eigenvalue weighted by Gasteiger charge is -2.41. The van der Waals surface area contributed by atoms with E-state index >= 15 is 0 Å². The molecule has 0 amide bonds. The standard InChI is InChI=1S/C10H22N2O.C6H4.C6H6.2ClH/c1-4-5-11-6-7-12(13)8-10(11)9(2)3;1-2-5-4-6(5)3-1;1-2-4-6-5-3-1;;/h9-10,13H,4-8H2,1-3H3;1-4H;1-6H;2*1H. The predicted molar refractivity (Wildman–Crippen MR) is 120 cm³/mol. The van der Waals surface area contributed by atoms with E-state index in [0.717, 1.165) is 26.2 Å². The predicted octanol–water partition coefficient (Wildman–Crippen LogP) is 5.63. The highest BCUT2D eigenvalue weighted by Gasteiger charge is 2.27. The number of nitrogens with zero attached hydrogens (tertiary/aromatic N) is 2. The van der Waals surface area contributed by atoms with Crippen molar-refractivity contribution >= 4 is 24.8 Å². The molecule has 1 heterocycles. The lowest BCUT2D eigenvalue weighted by molar-refractivity contribution is -0.139. The van der Waals surface area contributed by atoms with Gasteiger partial charge >= 0.3 is 0 Å². The molecule has 0 aromatic heterocycles. The van der Waals surface area contributed by atoms with Crippen LogP contribution in [0, 0.1) is 5.92 Å². The Labute approximate surface area is 177 Å². The lowest BCUT2D eigenvalue weighted by atomic mass is 10.0. The van der Waals surface area contributed by atoms with E-state index < -0.39 is 0 Å². The van der Waals surface area contributed by atoms with Gasteiger partial charge in [0.15, 0.2) is 0 Å². The Bertz CT molecular complexity index is 566. The van der Waals surface area contributed by atoms with Crippen molar-refractivity contribution in [2.45, 2.75) is 33.2 Å². The summed E-state index contributed by atoms with van der Waals surface area (Å²) < 4.78 is 0. The third-order valence-electron chi connectivity index (χ3n) is 4.57. The molecule has 1 fully saturated rings. The van der Waals surface area contributed by atoms with E-state index in [-0.39, 0.29) is 24.8 Å². The van der Waals surface area contributed by atoms with Crippen LogP contribution in [0.1, 0.15) is 27.2 Å². The Morgan fingerprint density at radius 2 is 1.44 bits per heavy atom. The third-order valence-corrected chi connectivity index (χ3v) is 4.57. The highest BCUT2D eigenvalue weighted by atomic mass is 35.5. The van der Waals surface area contributed by atoms with Crippen LogP contribution in [0.15, 0.2) is 60.7 Å². The average Bonchev–Trinajstić information content (AvgIpc) is 3.24. The van der Waals surface area contributed by atoms with E-state index in [2.05, 4.69) is 49.9 Å². The first-order valence-corrected chi connectivity index (χ1v) is 9.40. The Morgan fingerprint density at radius 3 is 1.78 bits per heavy atom. The maximum Gasteiger partial charge on any atom is 0.0397 e. The van der Waals surface area contributed by atoms with Gasteiger partial charge in [0.05, 0.1) is 0 Å². The van der Waals surface area contributed by atoms with Crippen molar-refractivity contribution in [3.63, 3.8) is 0 Å². The summed E-state index contributed by atoms with van der Waals surface area (Å²) in [4.78, 5) is 2.50. The SMILES string of the molecule is CCCN1CCN(O)CC1C(C)C.Cl.Cl.c1cc2cc-2c1.c1ccccc1. The molecular formula is C22H34Cl2N2O. The van der Waals surface area contributed by atoms with Gasteiger partial charge in [-0.15, -0.1) is 24.8 Å². The first-order valence-electron chi connectivity index (χ1n) is 9.40. The maximum absolute atomic E-state index is 9.42. The number of halogens is 2. The molecule has 3 aliphatic rings. The summed E-state index contributed by atoms with van der Waals surface area (Å²) >= 11 is 0. The van der Waals surface area contributed by atoms with Gasteiger partial charge in [-0.2, -0.15) is 5.06 Å². The van der Waals surface area contributed by atoms with Crippen molar-refractivity contribution in [1.82, 2.24) is 9.96 Å². The Kier molecular flexibility index (Phi) is 13.4. The van der Waals surface area contributed by atoms with E-state index in [1.165, 1.54) is 22.6 Å². The fourth-order valence-electron chi connectivity index (χ4n) is 3.09. The lowest BCUT2D eigenvalue weighted by Crippen LogP contribution is -2.54. The molecule has 1 aromatic rings. The molecule has 1 saturated heterocycles. The number of fused-ring (bicyclic) bond motifs is 1. The first kappa shape index (κ1) is 25.9. The summed E-state index contributed by atoms with van der Waals surface area (Å²) in [6.45, 7) is 10.4. The van der Waals surface area contributed by atoms with Gasteiger partial charge in [-0.3, -0.25) is 4.90 Å². The Hall–Kier alpha value is -1.10. The van der Waals surface area contributed by atoms with Gasteiger partial charge in [-0.25, -0.2) is 0 Å². The largest absolute Gasteiger partial charge is 0.314 e. The normalized spacial score (nSPS) is 17.3. The van der Waals surface area contributed by atoms with Crippen molar-refractivity contribution in [3.05, 3.63) is 60.7 Å². The number of hydrogen-bond donors (Lipinski definition) is 1. The molecule has 1 N–H and O–H groups in total. The summed E-state index contributed by atoms with van der Waals surface area (Å²) in [5, 5.41) is 10.9. The number of rotatable bonds is 3. The van der Waals surface area contributed by atoms with Gasteiger partial charge < -0.3 is 5.21 Å². The van der Waals surface area contributed by atoms with E-state index in [4.69, 9.17) is 0 Å². The van der Waals surface area contributed by atoms with Crippen LogP contribution in [-0.2, 0) is 0 Å². The first-order chi connectivity index (χ1) is 12.1.